The maximum absolute atomic E-state index is 9.41. The van der Waals surface area contributed by atoms with Gasteiger partial charge in [0.25, 0.3) is 0 Å². The van der Waals surface area contributed by atoms with Gasteiger partial charge >= 0.3 is 0 Å². The van der Waals surface area contributed by atoms with Crippen LogP contribution in [0.25, 0.3) is 0 Å². The number of imidazole rings is 1. The van der Waals surface area contributed by atoms with Crippen molar-refractivity contribution in [3.8, 4) is 0 Å². The van der Waals surface area contributed by atoms with Crippen molar-refractivity contribution in [1.82, 2.24) is 14.9 Å². The Morgan fingerprint density at radius 2 is 2.31 bits per heavy atom. The van der Waals surface area contributed by atoms with Crippen LogP contribution in [0.5, 0.6) is 0 Å². The van der Waals surface area contributed by atoms with Crippen molar-refractivity contribution >= 4 is 0 Å². The molecule has 0 spiro atoms. The summed E-state index contributed by atoms with van der Waals surface area (Å²) < 4.78 is 2.15. The Labute approximate surface area is 97.7 Å². The fourth-order valence-corrected chi connectivity index (χ4v) is 1.98. The molecule has 2 N–H and O–H groups in total. The number of aryl methyl sites for hydroxylation is 2. The number of aliphatic hydroxyl groups is 1. The van der Waals surface area contributed by atoms with E-state index in [2.05, 4.69) is 21.8 Å². The first-order valence-corrected chi connectivity index (χ1v) is 5.95. The van der Waals surface area contributed by atoms with Crippen molar-refractivity contribution in [3.05, 3.63) is 18.2 Å². The zero-order chi connectivity index (χ0) is 12.0. The van der Waals surface area contributed by atoms with Gasteiger partial charge in [0.1, 0.15) is 5.82 Å². The van der Waals surface area contributed by atoms with E-state index in [0.29, 0.717) is 0 Å². The fourth-order valence-electron chi connectivity index (χ4n) is 1.98. The van der Waals surface area contributed by atoms with Gasteiger partial charge in [-0.3, -0.25) is 0 Å². The van der Waals surface area contributed by atoms with Crippen LogP contribution >= 0.6 is 0 Å². The molecule has 1 aromatic heterocycles. The second-order valence-corrected chi connectivity index (χ2v) is 4.31. The molecule has 4 nitrogen and oxygen atoms in total. The summed E-state index contributed by atoms with van der Waals surface area (Å²) in [7, 11) is 1.92. The summed E-state index contributed by atoms with van der Waals surface area (Å²) in [6, 6.07) is 0. The summed E-state index contributed by atoms with van der Waals surface area (Å²) in [5.41, 5.74) is -0.117. The highest BCUT2D eigenvalue weighted by molar-refractivity contribution is 4.89. The van der Waals surface area contributed by atoms with Crippen LogP contribution in [0.15, 0.2) is 12.4 Å². The van der Waals surface area contributed by atoms with Gasteiger partial charge in [0, 0.05) is 24.5 Å². The van der Waals surface area contributed by atoms with Crippen LogP contribution in [0, 0.1) is 6.92 Å². The van der Waals surface area contributed by atoms with Crippen LogP contribution in [0.4, 0.5) is 0 Å². The normalized spacial score (nSPS) is 15.0. The van der Waals surface area contributed by atoms with Gasteiger partial charge in [-0.05, 0) is 33.2 Å². The highest BCUT2D eigenvalue weighted by Crippen LogP contribution is 2.17. The van der Waals surface area contributed by atoms with Gasteiger partial charge in [0.2, 0.25) is 0 Å². The molecule has 1 aromatic rings. The third kappa shape index (κ3) is 3.06. The highest BCUT2D eigenvalue weighted by atomic mass is 16.3. The zero-order valence-corrected chi connectivity index (χ0v) is 10.5. The lowest BCUT2D eigenvalue weighted by Gasteiger charge is -2.30. The van der Waals surface area contributed by atoms with Crippen molar-refractivity contribution in [2.45, 2.75) is 45.2 Å². The first-order valence-electron chi connectivity index (χ1n) is 5.95. The molecule has 92 valence electrons. The average Bonchev–Trinajstić information content (AvgIpc) is 2.71. The standard InChI is InChI=1S/C12H23N3O/c1-4-12(10-16,13-3)6-5-8-15-9-7-14-11(15)2/h7,9,13,16H,4-6,8,10H2,1-3H3. The molecular formula is C12H23N3O. The van der Waals surface area contributed by atoms with Crippen molar-refractivity contribution in [2.75, 3.05) is 13.7 Å². The topological polar surface area (TPSA) is 50.1 Å². The summed E-state index contributed by atoms with van der Waals surface area (Å²) in [5.74, 6) is 1.05. The molecule has 1 heterocycles. The number of nitrogens with zero attached hydrogens (tertiary/aromatic N) is 2. The molecule has 0 aromatic carbocycles. The van der Waals surface area contributed by atoms with E-state index in [1.165, 1.54) is 0 Å². The highest BCUT2D eigenvalue weighted by Gasteiger charge is 2.24. The third-order valence-corrected chi connectivity index (χ3v) is 3.49. The molecule has 0 saturated carbocycles. The predicted octanol–water partition coefficient (Wildman–Crippen LogP) is 1.33. The number of hydrogen-bond donors (Lipinski definition) is 2. The summed E-state index contributed by atoms with van der Waals surface area (Å²) in [6.45, 7) is 5.28. The molecule has 0 fully saturated rings. The Balaban J connectivity index is 2.42. The lowest BCUT2D eigenvalue weighted by Crippen LogP contribution is -2.46. The van der Waals surface area contributed by atoms with Gasteiger partial charge < -0.3 is 15.0 Å². The Bertz CT molecular complexity index is 297. The van der Waals surface area contributed by atoms with Crippen LogP contribution in [0.1, 0.15) is 32.0 Å². The predicted molar refractivity (Wildman–Crippen MR) is 65.4 cm³/mol. The van der Waals surface area contributed by atoms with Gasteiger partial charge in [-0.25, -0.2) is 4.98 Å². The molecule has 16 heavy (non-hydrogen) atoms. The molecule has 4 heteroatoms. The van der Waals surface area contributed by atoms with Crippen molar-refractivity contribution in [2.24, 2.45) is 0 Å². The minimum Gasteiger partial charge on any atom is -0.394 e. The number of nitrogens with one attached hydrogen (secondary N) is 1. The van der Waals surface area contributed by atoms with Gasteiger partial charge in [-0.1, -0.05) is 6.92 Å². The van der Waals surface area contributed by atoms with E-state index in [0.717, 1.165) is 31.6 Å². The van der Waals surface area contributed by atoms with Gasteiger partial charge in [0.05, 0.1) is 6.61 Å². The van der Waals surface area contributed by atoms with Crippen molar-refractivity contribution in [3.63, 3.8) is 0 Å². The minimum atomic E-state index is -0.117. The summed E-state index contributed by atoms with van der Waals surface area (Å²) in [4.78, 5) is 4.19. The molecule has 0 aliphatic carbocycles. The maximum Gasteiger partial charge on any atom is 0.105 e. The number of rotatable bonds is 7. The van der Waals surface area contributed by atoms with Crippen molar-refractivity contribution in [1.29, 1.82) is 0 Å². The number of hydrogen-bond acceptors (Lipinski definition) is 3. The lowest BCUT2D eigenvalue weighted by molar-refractivity contribution is 0.151. The Kier molecular flexibility index (Phi) is 4.96. The molecule has 1 atom stereocenters. The van der Waals surface area contributed by atoms with E-state index in [9.17, 15) is 5.11 Å². The van der Waals surface area contributed by atoms with Crippen molar-refractivity contribution < 1.29 is 5.11 Å². The van der Waals surface area contributed by atoms with E-state index >= 15 is 0 Å². The first kappa shape index (κ1) is 13.2. The number of aliphatic hydroxyl groups excluding tert-OH is 1. The van der Waals surface area contributed by atoms with E-state index in [-0.39, 0.29) is 12.1 Å². The molecule has 0 bridgehead atoms. The maximum atomic E-state index is 9.41. The summed E-state index contributed by atoms with van der Waals surface area (Å²) in [6.07, 6.45) is 6.80. The van der Waals surface area contributed by atoms with Crippen LogP contribution < -0.4 is 5.32 Å². The molecule has 0 saturated heterocycles. The first-order chi connectivity index (χ1) is 7.67. The van der Waals surface area contributed by atoms with E-state index in [4.69, 9.17) is 0 Å². The van der Waals surface area contributed by atoms with Crippen LogP contribution in [0.3, 0.4) is 0 Å². The third-order valence-electron chi connectivity index (χ3n) is 3.49. The number of aromatic nitrogens is 2. The van der Waals surface area contributed by atoms with Gasteiger partial charge in [0.15, 0.2) is 0 Å². The molecular weight excluding hydrogens is 202 g/mol. The quantitative estimate of drug-likeness (QED) is 0.736. The summed E-state index contributed by atoms with van der Waals surface area (Å²) >= 11 is 0. The van der Waals surface area contributed by atoms with Crippen LogP contribution in [-0.2, 0) is 6.54 Å². The monoisotopic (exact) mass is 225 g/mol. The lowest BCUT2D eigenvalue weighted by atomic mass is 9.91. The minimum absolute atomic E-state index is 0.117. The Morgan fingerprint density at radius 1 is 1.56 bits per heavy atom. The van der Waals surface area contributed by atoms with Gasteiger partial charge in [-0.15, -0.1) is 0 Å². The fraction of sp³-hybridized carbons (Fsp3) is 0.750. The van der Waals surface area contributed by atoms with Gasteiger partial charge in [-0.2, -0.15) is 0 Å². The van der Waals surface area contributed by atoms with E-state index in [1.807, 2.05) is 26.4 Å². The SMILES string of the molecule is CCC(CO)(CCCn1ccnc1C)NC. The van der Waals surface area contributed by atoms with Crippen LogP contribution in [-0.4, -0.2) is 33.9 Å². The Morgan fingerprint density at radius 3 is 2.75 bits per heavy atom. The molecule has 0 aliphatic rings. The second-order valence-electron chi connectivity index (χ2n) is 4.31. The largest absolute Gasteiger partial charge is 0.394 e. The second kappa shape index (κ2) is 6.01. The zero-order valence-electron chi connectivity index (χ0n) is 10.5. The molecule has 1 rings (SSSR count). The smallest absolute Gasteiger partial charge is 0.105 e. The molecule has 0 aliphatic heterocycles. The number of likely N-dealkylation sites (N-methyl/N-ethyl adjacent to an activating group) is 1. The van der Waals surface area contributed by atoms with Crippen LogP contribution in [0.2, 0.25) is 0 Å². The molecule has 1 unspecified atom stereocenters. The van der Waals surface area contributed by atoms with E-state index < -0.39 is 0 Å². The van der Waals surface area contributed by atoms with E-state index in [1.54, 1.807) is 0 Å². The molecule has 0 amide bonds. The average molecular weight is 225 g/mol. The Hall–Kier alpha value is -0.870. The molecule has 0 radical (unpaired) electrons. The summed E-state index contributed by atoms with van der Waals surface area (Å²) in [5, 5.41) is 12.6.